The Morgan fingerprint density at radius 1 is 1.08 bits per heavy atom. The number of carboxylic acid groups (broad SMARTS) is 1. The van der Waals surface area contributed by atoms with Crippen LogP contribution in [0.5, 0.6) is 0 Å². The second kappa shape index (κ2) is 8.94. The summed E-state index contributed by atoms with van der Waals surface area (Å²) in [5, 5.41) is 19.1. The fraction of sp³-hybridized carbons (Fsp3) is 0.263. The second-order valence-corrected chi connectivity index (χ2v) is 5.72. The lowest BCUT2D eigenvalue weighted by molar-refractivity contribution is -0.145. The fourth-order valence-corrected chi connectivity index (χ4v) is 2.49. The van der Waals surface area contributed by atoms with Crippen LogP contribution in [0, 0.1) is 5.82 Å². The highest BCUT2D eigenvalue weighted by molar-refractivity contribution is 5.81. The maximum Gasteiger partial charge on any atom is 0.323 e. The van der Waals surface area contributed by atoms with Gasteiger partial charge in [0.1, 0.15) is 12.4 Å². The van der Waals surface area contributed by atoms with E-state index in [1.54, 1.807) is 0 Å². The van der Waals surface area contributed by atoms with Crippen molar-refractivity contribution in [2.24, 2.45) is 0 Å². The zero-order valence-electron chi connectivity index (χ0n) is 13.6. The number of aliphatic carboxylic acids is 1. The van der Waals surface area contributed by atoms with E-state index in [1.165, 1.54) is 23.1 Å². The number of hydrogen-bond acceptors (Lipinski definition) is 3. The molecule has 5 nitrogen and oxygen atoms in total. The SMILES string of the molecule is O=C(O)CN(CCc1ccccc1)C(=O)CC(O)c1cccc(F)c1. The Labute approximate surface area is 145 Å². The summed E-state index contributed by atoms with van der Waals surface area (Å²) in [5.74, 6) is -2.12. The monoisotopic (exact) mass is 345 g/mol. The molecule has 0 saturated heterocycles. The summed E-state index contributed by atoms with van der Waals surface area (Å²) in [7, 11) is 0. The van der Waals surface area contributed by atoms with E-state index in [1.807, 2.05) is 30.3 Å². The predicted molar refractivity (Wildman–Crippen MR) is 90.3 cm³/mol. The number of aliphatic hydroxyl groups excluding tert-OH is 1. The molecule has 132 valence electrons. The van der Waals surface area contributed by atoms with Gasteiger partial charge in [0.25, 0.3) is 0 Å². The third kappa shape index (κ3) is 6.00. The first kappa shape index (κ1) is 18.6. The largest absolute Gasteiger partial charge is 0.480 e. The Hall–Kier alpha value is -2.73. The van der Waals surface area contributed by atoms with Crippen molar-refractivity contribution in [2.75, 3.05) is 13.1 Å². The molecule has 1 amide bonds. The summed E-state index contributed by atoms with van der Waals surface area (Å²) < 4.78 is 13.2. The van der Waals surface area contributed by atoms with Crippen LogP contribution in [0.4, 0.5) is 4.39 Å². The second-order valence-electron chi connectivity index (χ2n) is 5.72. The average molecular weight is 345 g/mol. The zero-order chi connectivity index (χ0) is 18.2. The van der Waals surface area contributed by atoms with Gasteiger partial charge in [-0.1, -0.05) is 42.5 Å². The van der Waals surface area contributed by atoms with E-state index in [-0.39, 0.29) is 18.5 Å². The normalized spacial score (nSPS) is 11.8. The lowest BCUT2D eigenvalue weighted by Crippen LogP contribution is -2.37. The number of hydrogen-bond donors (Lipinski definition) is 2. The minimum atomic E-state index is -1.18. The molecule has 6 heteroatoms. The quantitative estimate of drug-likeness (QED) is 0.770. The van der Waals surface area contributed by atoms with Gasteiger partial charge in [0, 0.05) is 6.54 Å². The molecular formula is C19H20FNO4. The molecule has 2 N–H and O–H groups in total. The van der Waals surface area contributed by atoms with Crippen molar-refractivity contribution in [3.05, 3.63) is 71.5 Å². The number of rotatable bonds is 8. The van der Waals surface area contributed by atoms with E-state index in [9.17, 15) is 19.1 Å². The van der Waals surface area contributed by atoms with Crippen molar-refractivity contribution in [3.63, 3.8) is 0 Å². The average Bonchev–Trinajstić information content (AvgIpc) is 2.59. The minimum Gasteiger partial charge on any atom is -0.480 e. The lowest BCUT2D eigenvalue weighted by Gasteiger charge is -2.22. The highest BCUT2D eigenvalue weighted by Gasteiger charge is 2.21. The van der Waals surface area contributed by atoms with Gasteiger partial charge in [-0.2, -0.15) is 0 Å². The van der Waals surface area contributed by atoms with Crippen LogP contribution >= 0.6 is 0 Å². The molecule has 0 saturated carbocycles. The zero-order valence-corrected chi connectivity index (χ0v) is 13.6. The molecule has 0 heterocycles. The minimum absolute atomic E-state index is 0.227. The summed E-state index contributed by atoms with van der Waals surface area (Å²) in [6.07, 6.45) is -0.974. The first-order valence-corrected chi connectivity index (χ1v) is 7.92. The molecule has 25 heavy (non-hydrogen) atoms. The molecule has 0 fully saturated rings. The van der Waals surface area contributed by atoms with E-state index in [4.69, 9.17) is 5.11 Å². The summed E-state index contributed by atoms with van der Waals surface area (Å²) >= 11 is 0. The van der Waals surface area contributed by atoms with E-state index < -0.39 is 30.3 Å². The molecule has 0 aliphatic heterocycles. The molecule has 0 radical (unpaired) electrons. The Bertz CT molecular complexity index is 720. The van der Waals surface area contributed by atoms with Gasteiger partial charge in [-0.05, 0) is 29.7 Å². The van der Waals surface area contributed by atoms with Gasteiger partial charge in [0.05, 0.1) is 12.5 Å². The third-order valence-corrected chi connectivity index (χ3v) is 3.79. The highest BCUT2D eigenvalue weighted by atomic mass is 19.1. The summed E-state index contributed by atoms with van der Waals surface area (Å²) in [4.78, 5) is 24.6. The van der Waals surface area contributed by atoms with Crippen LogP contribution in [0.25, 0.3) is 0 Å². The van der Waals surface area contributed by atoms with Crippen molar-refractivity contribution >= 4 is 11.9 Å². The van der Waals surface area contributed by atoms with Gasteiger partial charge in [-0.25, -0.2) is 4.39 Å². The molecule has 2 aromatic carbocycles. The molecule has 0 bridgehead atoms. The lowest BCUT2D eigenvalue weighted by atomic mass is 10.1. The number of amides is 1. The van der Waals surface area contributed by atoms with Crippen molar-refractivity contribution in [3.8, 4) is 0 Å². The Morgan fingerprint density at radius 3 is 2.44 bits per heavy atom. The van der Waals surface area contributed by atoms with Crippen molar-refractivity contribution < 1.29 is 24.2 Å². The van der Waals surface area contributed by atoms with E-state index in [0.29, 0.717) is 6.42 Å². The van der Waals surface area contributed by atoms with Crippen LogP contribution in [0.2, 0.25) is 0 Å². The van der Waals surface area contributed by atoms with Crippen LogP contribution < -0.4 is 0 Å². The smallest absolute Gasteiger partial charge is 0.323 e. The van der Waals surface area contributed by atoms with E-state index in [2.05, 4.69) is 0 Å². The van der Waals surface area contributed by atoms with Crippen molar-refractivity contribution in [2.45, 2.75) is 18.9 Å². The summed E-state index contributed by atoms with van der Waals surface area (Å²) in [6, 6.07) is 14.8. The molecular weight excluding hydrogens is 325 g/mol. The van der Waals surface area contributed by atoms with Gasteiger partial charge < -0.3 is 15.1 Å². The molecule has 0 aliphatic carbocycles. The number of benzene rings is 2. The fourth-order valence-electron chi connectivity index (χ4n) is 2.49. The van der Waals surface area contributed by atoms with Crippen molar-refractivity contribution in [1.82, 2.24) is 4.90 Å². The van der Waals surface area contributed by atoms with Crippen LogP contribution in [-0.4, -0.2) is 40.1 Å². The Balaban J connectivity index is 2.00. The van der Waals surface area contributed by atoms with Gasteiger partial charge in [0.2, 0.25) is 5.91 Å². The Morgan fingerprint density at radius 2 is 1.80 bits per heavy atom. The molecule has 2 aromatic rings. The van der Waals surface area contributed by atoms with Crippen LogP contribution in [0.1, 0.15) is 23.7 Å². The Kier molecular flexibility index (Phi) is 6.65. The predicted octanol–water partition coefficient (Wildman–Crippen LogP) is 2.41. The molecule has 0 aromatic heterocycles. The van der Waals surface area contributed by atoms with Gasteiger partial charge in [-0.15, -0.1) is 0 Å². The highest BCUT2D eigenvalue weighted by Crippen LogP contribution is 2.18. The van der Waals surface area contributed by atoms with Gasteiger partial charge in [0.15, 0.2) is 0 Å². The first-order chi connectivity index (χ1) is 12.0. The third-order valence-electron chi connectivity index (χ3n) is 3.79. The summed E-state index contributed by atoms with van der Waals surface area (Å²) in [6.45, 7) is -0.216. The number of carbonyl (C=O) groups excluding carboxylic acids is 1. The number of carbonyl (C=O) groups is 2. The molecule has 2 rings (SSSR count). The van der Waals surface area contributed by atoms with Crippen LogP contribution in [0.3, 0.4) is 0 Å². The molecule has 1 unspecified atom stereocenters. The number of aliphatic hydroxyl groups is 1. The van der Waals surface area contributed by atoms with Crippen molar-refractivity contribution in [1.29, 1.82) is 0 Å². The van der Waals surface area contributed by atoms with Crippen LogP contribution in [-0.2, 0) is 16.0 Å². The first-order valence-electron chi connectivity index (χ1n) is 7.92. The van der Waals surface area contributed by atoms with Gasteiger partial charge in [-0.3, -0.25) is 9.59 Å². The number of carboxylic acids is 1. The van der Waals surface area contributed by atoms with E-state index >= 15 is 0 Å². The molecule has 0 spiro atoms. The van der Waals surface area contributed by atoms with Gasteiger partial charge >= 0.3 is 5.97 Å². The van der Waals surface area contributed by atoms with Crippen LogP contribution in [0.15, 0.2) is 54.6 Å². The van der Waals surface area contributed by atoms with E-state index in [0.717, 1.165) is 11.6 Å². The topological polar surface area (TPSA) is 77.8 Å². The maximum absolute atomic E-state index is 13.2. The molecule has 0 aliphatic rings. The summed E-state index contributed by atoms with van der Waals surface area (Å²) in [5.41, 5.74) is 1.27. The molecule has 1 atom stereocenters. The number of nitrogens with zero attached hydrogens (tertiary/aromatic N) is 1. The number of halogens is 1. The standard InChI is InChI=1S/C19H20FNO4/c20-16-8-4-7-15(11-16)17(22)12-18(23)21(13-19(24)25)10-9-14-5-2-1-3-6-14/h1-8,11,17,22H,9-10,12-13H2,(H,24,25). The maximum atomic E-state index is 13.2.